The average Bonchev–Trinajstić information content (AvgIpc) is 2.99. The Bertz CT molecular complexity index is 604. The van der Waals surface area contributed by atoms with E-state index in [2.05, 4.69) is 10.4 Å². The number of nitrogens with one attached hydrogen (secondary N) is 1. The molecule has 0 spiro atoms. The second-order valence-electron chi connectivity index (χ2n) is 5.09. The molecule has 0 aliphatic heterocycles. The third-order valence-electron chi connectivity index (χ3n) is 3.18. The van der Waals surface area contributed by atoms with Crippen LogP contribution in [0.3, 0.4) is 0 Å². The number of rotatable bonds is 7. The molecule has 1 N–H and O–H groups in total. The van der Waals surface area contributed by atoms with Gasteiger partial charge in [0.05, 0.1) is 11.2 Å². The lowest BCUT2D eigenvalue weighted by molar-refractivity contribution is -0.384. The highest BCUT2D eigenvalue weighted by molar-refractivity contribution is 5.60. The number of furan rings is 1. The number of nitrogens with zero attached hydrogens (tertiary/aromatic N) is 3. The SMILES string of the molecule is CCCn1nc(C)c([N+](=O)[O-])c1NC(C)Cc1ccco1. The van der Waals surface area contributed by atoms with Crippen LogP contribution in [0, 0.1) is 17.0 Å². The normalized spacial score (nSPS) is 12.3. The van der Waals surface area contributed by atoms with E-state index in [9.17, 15) is 10.1 Å². The molecule has 0 bridgehead atoms. The Morgan fingerprint density at radius 1 is 1.57 bits per heavy atom. The number of hydrogen-bond donors (Lipinski definition) is 1. The van der Waals surface area contributed by atoms with Crippen molar-refractivity contribution in [2.45, 2.75) is 46.2 Å². The summed E-state index contributed by atoms with van der Waals surface area (Å²) < 4.78 is 6.98. The molecule has 0 amide bonds. The Balaban J connectivity index is 2.22. The lowest BCUT2D eigenvalue weighted by Gasteiger charge is -2.14. The summed E-state index contributed by atoms with van der Waals surface area (Å²) >= 11 is 0. The minimum atomic E-state index is -0.379. The largest absolute Gasteiger partial charge is 0.469 e. The maximum absolute atomic E-state index is 11.3. The molecule has 7 heteroatoms. The molecule has 1 atom stereocenters. The second-order valence-corrected chi connectivity index (χ2v) is 5.09. The van der Waals surface area contributed by atoms with E-state index in [0.29, 0.717) is 24.5 Å². The van der Waals surface area contributed by atoms with Crippen LogP contribution in [0.25, 0.3) is 0 Å². The van der Waals surface area contributed by atoms with Gasteiger partial charge in [-0.3, -0.25) is 10.1 Å². The van der Waals surface area contributed by atoms with E-state index in [4.69, 9.17) is 4.42 Å². The zero-order valence-corrected chi connectivity index (χ0v) is 12.5. The van der Waals surface area contributed by atoms with Crippen molar-refractivity contribution < 1.29 is 9.34 Å². The Hall–Kier alpha value is -2.31. The maximum atomic E-state index is 11.3. The monoisotopic (exact) mass is 292 g/mol. The van der Waals surface area contributed by atoms with Crippen molar-refractivity contribution in [3.05, 3.63) is 40.0 Å². The molecule has 114 valence electrons. The van der Waals surface area contributed by atoms with Crippen molar-refractivity contribution >= 4 is 11.5 Å². The van der Waals surface area contributed by atoms with Crippen molar-refractivity contribution in [3.8, 4) is 0 Å². The molecule has 0 saturated carbocycles. The minimum absolute atomic E-state index is 0.00144. The smallest absolute Gasteiger partial charge is 0.333 e. The van der Waals surface area contributed by atoms with Gasteiger partial charge in [-0.1, -0.05) is 6.92 Å². The molecule has 21 heavy (non-hydrogen) atoms. The zero-order valence-electron chi connectivity index (χ0n) is 12.5. The van der Waals surface area contributed by atoms with Gasteiger partial charge in [-0.2, -0.15) is 5.10 Å². The predicted octanol–water partition coefficient (Wildman–Crippen LogP) is 3.15. The first-order valence-electron chi connectivity index (χ1n) is 7.03. The average molecular weight is 292 g/mol. The molecule has 0 fully saturated rings. The Morgan fingerprint density at radius 3 is 2.90 bits per heavy atom. The second kappa shape index (κ2) is 6.43. The fraction of sp³-hybridized carbons (Fsp3) is 0.500. The number of aromatic nitrogens is 2. The molecule has 0 saturated heterocycles. The van der Waals surface area contributed by atoms with Crippen molar-refractivity contribution in [1.29, 1.82) is 0 Å². The highest BCUT2D eigenvalue weighted by Crippen LogP contribution is 2.29. The quantitative estimate of drug-likeness (QED) is 0.625. The molecule has 2 rings (SSSR count). The fourth-order valence-electron chi connectivity index (χ4n) is 2.32. The van der Waals surface area contributed by atoms with Gasteiger partial charge in [0, 0.05) is 19.0 Å². The number of hydrogen-bond acceptors (Lipinski definition) is 5. The van der Waals surface area contributed by atoms with E-state index in [0.717, 1.165) is 12.2 Å². The van der Waals surface area contributed by atoms with Gasteiger partial charge in [0.15, 0.2) is 0 Å². The highest BCUT2D eigenvalue weighted by Gasteiger charge is 2.26. The van der Waals surface area contributed by atoms with Crippen LogP contribution in [0.5, 0.6) is 0 Å². The predicted molar refractivity (Wildman–Crippen MR) is 79.4 cm³/mol. The van der Waals surface area contributed by atoms with Crippen LogP contribution in [0.2, 0.25) is 0 Å². The van der Waals surface area contributed by atoms with E-state index in [1.54, 1.807) is 17.9 Å². The first-order valence-corrected chi connectivity index (χ1v) is 7.03. The van der Waals surface area contributed by atoms with E-state index >= 15 is 0 Å². The third-order valence-corrected chi connectivity index (χ3v) is 3.18. The van der Waals surface area contributed by atoms with Crippen LogP contribution < -0.4 is 5.32 Å². The summed E-state index contributed by atoms with van der Waals surface area (Å²) in [5, 5.41) is 18.7. The molecule has 0 radical (unpaired) electrons. The summed E-state index contributed by atoms with van der Waals surface area (Å²) in [6.07, 6.45) is 3.13. The summed E-state index contributed by atoms with van der Waals surface area (Å²) in [5.74, 6) is 1.31. The molecule has 0 aliphatic rings. The van der Waals surface area contributed by atoms with Gasteiger partial charge >= 0.3 is 5.69 Å². The van der Waals surface area contributed by atoms with Gasteiger partial charge in [0.1, 0.15) is 11.5 Å². The molecular weight excluding hydrogens is 272 g/mol. The summed E-state index contributed by atoms with van der Waals surface area (Å²) in [5.41, 5.74) is 0.482. The molecular formula is C14H20N4O3. The lowest BCUT2D eigenvalue weighted by Crippen LogP contribution is -2.21. The minimum Gasteiger partial charge on any atom is -0.469 e. The molecule has 0 aliphatic carbocycles. The lowest BCUT2D eigenvalue weighted by atomic mass is 10.2. The highest BCUT2D eigenvalue weighted by atomic mass is 16.6. The maximum Gasteiger partial charge on any atom is 0.333 e. The standard InChI is InChI=1S/C14H20N4O3/c1-4-7-17-14(13(18(19)20)11(3)16-17)15-10(2)9-12-6-5-8-21-12/h5-6,8,10,15H,4,7,9H2,1-3H3. The van der Waals surface area contributed by atoms with Crippen LogP contribution in [0.15, 0.2) is 22.8 Å². The fourth-order valence-corrected chi connectivity index (χ4v) is 2.32. The van der Waals surface area contributed by atoms with Gasteiger partial charge < -0.3 is 9.73 Å². The number of nitro groups is 1. The van der Waals surface area contributed by atoms with Crippen LogP contribution in [-0.2, 0) is 13.0 Å². The van der Waals surface area contributed by atoms with Gasteiger partial charge in [0.25, 0.3) is 0 Å². The van der Waals surface area contributed by atoms with Crippen molar-refractivity contribution in [2.24, 2.45) is 0 Å². The van der Waals surface area contributed by atoms with Crippen molar-refractivity contribution in [3.63, 3.8) is 0 Å². The number of aryl methyl sites for hydroxylation is 2. The van der Waals surface area contributed by atoms with E-state index in [1.807, 2.05) is 26.0 Å². The molecule has 2 aromatic heterocycles. The summed E-state index contributed by atoms with van der Waals surface area (Å²) in [7, 11) is 0. The van der Waals surface area contributed by atoms with Crippen LogP contribution in [-0.4, -0.2) is 20.7 Å². The van der Waals surface area contributed by atoms with E-state index in [1.165, 1.54) is 0 Å². The van der Waals surface area contributed by atoms with Gasteiger partial charge in [-0.25, -0.2) is 4.68 Å². The van der Waals surface area contributed by atoms with Gasteiger partial charge in [-0.05, 0) is 32.4 Å². The van der Waals surface area contributed by atoms with Crippen molar-refractivity contribution in [2.75, 3.05) is 5.32 Å². The molecule has 7 nitrogen and oxygen atoms in total. The third kappa shape index (κ3) is 3.42. The van der Waals surface area contributed by atoms with Gasteiger partial charge in [-0.15, -0.1) is 0 Å². The zero-order chi connectivity index (χ0) is 15.4. The topological polar surface area (TPSA) is 86.1 Å². The van der Waals surface area contributed by atoms with E-state index < -0.39 is 0 Å². The first-order chi connectivity index (χ1) is 10.0. The Labute approximate surface area is 123 Å². The molecule has 1 unspecified atom stereocenters. The van der Waals surface area contributed by atoms with Crippen LogP contribution in [0.1, 0.15) is 31.7 Å². The van der Waals surface area contributed by atoms with Crippen LogP contribution >= 0.6 is 0 Å². The van der Waals surface area contributed by atoms with Crippen LogP contribution in [0.4, 0.5) is 11.5 Å². The summed E-state index contributed by atoms with van der Waals surface area (Å²) in [6, 6.07) is 3.72. The first kappa shape index (κ1) is 15.1. The Morgan fingerprint density at radius 2 is 2.33 bits per heavy atom. The Kier molecular flexibility index (Phi) is 4.62. The van der Waals surface area contributed by atoms with Crippen molar-refractivity contribution in [1.82, 2.24) is 9.78 Å². The van der Waals surface area contributed by atoms with E-state index in [-0.39, 0.29) is 16.7 Å². The molecule has 0 aromatic carbocycles. The molecule has 2 heterocycles. The summed E-state index contributed by atoms with van der Waals surface area (Å²) in [4.78, 5) is 10.9. The number of anilines is 1. The van der Waals surface area contributed by atoms with Gasteiger partial charge in [0.2, 0.25) is 5.82 Å². The summed E-state index contributed by atoms with van der Waals surface area (Å²) in [6.45, 7) is 6.28. The molecule has 2 aromatic rings.